The third kappa shape index (κ3) is 3.58. The highest BCUT2D eigenvalue weighted by Gasteiger charge is 2.43. The zero-order valence-corrected chi connectivity index (χ0v) is 18.1. The second-order valence-electron chi connectivity index (χ2n) is 7.78. The van der Waals surface area contributed by atoms with E-state index >= 15 is 0 Å². The van der Waals surface area contributed by atoms with Crippen molar-refractivity contribution in [2.45, 2.75) is 36.9 Å². The van der Waals surface area contributed by atoms with Crippen LogP contribution in [0.15, 0.2) is 21.7 Å². The van der Waals surface area contributed by atoms with Crippen molar-refractivity contribution in [3.63, 3.8) is 0 Å². The highest BCUT2D eigenvalue weighted by molar-refractivity contribution is 7.91. The van der Waals surface area contributed by atoms with E-state index in [1.807, 2.05) is 19.4 Å². The fraction of sp³-hybridized carbons (Fsp3) is 0.611. The summed E-state index contributed by atoms with van der Waals surface area (Å²) in [7, 11) is -1.46. The number of hydrogen-bond donors (Lipinski definition) is 0. The van der Waals surface area contributed by atoms with Crippen LogP contribution in [0.1, 0.15) is 30.5 Å². The minimum Gasteiger partial charge on any atom is -0.298 e. The lowest BCUT2D eigenvalue weighted by molar-refractivity contribution is 0.153. The Labute approximate surface area is 169 Å². The molecule has 2 fully saturated rings. The van der Waals surface area contributed by atoms with Gasteiger partial charge in [-0.2, -0.15) is 9.40 Å². The molecule has 0 atom stereocenters. The number of halogens is 1. The molecule has 27 heavy (non-hydrogen) atoms. The Hall–Kier alpha value is -0.930. The maximum atomic E-state index is 12.7. The summed E-state index contributed by atoms with van der Waals surface area (Å²) in [5, 5.41) is 6.94. The fourth-order valence-electron chi connectivity index (χ4n) is 4.39. The van der Waals surface area contributed by atoms with Crippen molar-refractivity contribution in [3.05, 3.63) is 33.9 Å². The van der Waals surface area contributed by atoms with Crippen LogP contribution in [-0.2, 0) is 23.6 Å². The van der Waals surface area contributed by atoms with Gasteiger partial charge in [-0.05, 0) is 49.6 Å². The van der Waals surface area contributed by atoms with E-state index in [0.29, 0.717) is 22.5 Å². The summed E-state index contributed by atoms with van der Waals surface area (Å²) in [5.41, 5.74) is 2.32. The van der Waals surface area contributed by atoms with Crippen molar-refractivity contribution in [2.24, 2.45) is 12.5 Å². The number of aromatic nitrogens is 2. The predicted octanol–water partition coefficient (Wildman–Crippen LogP) is 3.12. The number of piperidine rings is 1. The first kappa shape index (κ1) is 19.4. The van der Waals surface area contributed by atoms with E-state index in [2.05, 4.69) is 10.00 Å². The average Bonchev–Trinajstić information content (AvgIpc) is 3.34. The molecule has 6 nitrogen and oxygen atoms in total. The quantitative estimate of drug-likeness (QED) is 0.750. The predicted molar refractivity (Wildman–Crippen MR) is 108 cm³/mol. The second kappa shape index (κ2) is 7.15. The number of aryl methyl sites for hydroxylation is 2. The average molecular weight is 429 g/mol. The van der Waals surface area contributed by atoms with Gasteiger partial charge in [-0.15, -0.1) is 11.3 Å². The summed E-state index contributed by atoms with van der Waals surface area (Å²) in [6.45, 7) is 6.08. The Morgan fingerprint density at radius 3 is 2.56 bits per heavy atom. The fourth-order valence-corrected chi connectivity index (χ4v) is 7.21. The minimum absolute atomic E-state index is 0.226. The molecule has 0 amide bonds. The molecule has 0 radical (unpaired) electrons. The Kier molecular flexibility index (Phi) is 5.13. The Morgan fingerprint density at radius 1 is 1.26 bits per heavy atom. The first-order chi connectivity index (χ1) is 12.8. The molecule has 2 aliphatic rings. The molecule has 0 aliphatic carbocycles. The molecule has 4 rings (SSSR count). The second-order valence-corrected chi connectivity index (χ2v) is 11.2. The van der Waals surface area contributed by atoms with E-state index in [-0.39, 0.29) is 5.41 Å². The first-order valence-corrected chi connectivity index (χ1v) is 11.9. The summed E-state index contributed by atoms with van der Waals surface area (Å²) < 4.78 is 29.3. The number of thiophene rings is 1. The van der Waals surface area contributed by atoms with Crippen LogP contribution >= 0.6 is 22.9 Å². The molecule has 0 aromatic carbocycles. The topological polar surface area (TPSA) is 58.4 Å². The third-order valence-electron chi connectivity index (χ3n) is 6.04. The summed E-state index contributed by atoms with van der Waals surface area (Å²) >= 11 is 7.68. The van der Waals surface area contributed by atoms with E-state index in [1.54, 1.807) is 21.1 Å². The van der Waals surface area contributed by atoms with E-state index < -0.39 is 10.0 Å². The van der Waals surface area contributed by atoms with Crippen molar-refractivity contribution in [3.8, 4) is 0 Å². The Bertz CT molecular complexity index is 916. The maximum Gasteiger partial charge on any atom is 0.252 e. The van der Waals surface area contributed by atoms with Crippen molar-refractivity contribution in [1.29, 1.82) is 0 Å². The van der Waals surface area contributed by atoms with Crippen LogP contribution in [0, 0.1) is 12.3 Å². The molecule has 9 heteroatoms. The lowest BCUT2D eigenvalue weighted by Crippen LogP contribution is -2.44. The van der Waals surface area contributed by atoms with Crippen molar-refractivity contribution in [1.82, 2.24) is 19.0 Å². The third-order valence-corrected chi connectivity index (χ3v) is 9.79. The summed E-state index contributed by atoms with van der Waals surface area (Å²) in [5.74, 6) is 0. The lowest BCUT2D eigenvalue weighted by atomic mass is 9.78. The molecule has 2 aromatic heterocycles. The molecular formula is C18H25ClN4O2S2. The molecule has 2 aromatic rings. The maximum absolute atomic E-state index is 12.7. The van der Waals surface area contributed by atoms with Gasteiger partial charge >= 0.3 is 0 Å². The molecule has 0 N–H and O–H groups in total. The van der Waals surface area contributed by atoms with Gasteiger partial charge in [0.15, 0.2) is 0 Å². The first-order valence-electron chi connectivity index (χ1n) is 9.25. The van der Waals surface area contributed by atoms with Gasteiger partial charge in [0.05, 0.1) is 5.69 Å². The van der Waals surface area contributed by atoms with Crippen LogP contribution in [0.3, 0.4) is 0 Å². The molecule has 1 spiro atoms. The van der Waals surface area contributed by atoms with Gasteiger partial charge in [-0.3, -0.25) is 9.58 Å². The van der Waals surface area contributed by atoms with Crippen LogP contribution in [0.25, 0.3) is 0 Å². The van der Waals surface area contributed by atoms with Crippen LogP contribution in [0.5, 0.6) is 0 Å². The smallest absolute Gasteiger partial charge is 0.252 e. The van der Waals surface area contributed by atoms with Crippen molar-refractivity contribution < 1.29 is 8.42 Å². The van der Waals surface area contributed by atoms with E-state index in [9.17, 15) is 8.42 Å². The monoisotopic (exact) mass is 428 g/mol. The zero-order chi connectivity index (χ0) is 19.2. The Balaban J connectivity index is 1.40. The lowest BCUT2D eigenvalue weighted by Gasteiger charge is -2.38. The number of sulfonamides is 1. The van der Waals surface area contributed by atoms with Gasteiger partial charge in [0, 0.05) is 38.8 Å². The SMILES string of the molecule is Cc1nn(C)c(Cl)c1CN1CCC2(CCN(S(=O)(=O)c3cccs3)CC2)C1. The van der Waals surface area contributed by atoms with E-state index in [4.69, 9.17) is 11.6 Å². The van der Waals surface area contributed by atoms with Gasteiger partial charge in [0.1, 0.15) is 9.36 Å². The number of likely N-dealkylation sites (tertiary alicyclic amines) is 1. The summed E-state index contributed by atoms with van der Waals surface area (Å²) in [4.78, 5) is 2.44. The largest absolute Gasteiger partial charge is 0.298 e. The number of hydrogen-bond acceptors (Lipinski definition) is 5. The minimum atomic E-state index is -3.33. The molecular weight excluding hydrogens is 404 g/mol. The highest BCUT2D eigenvalue weighted by Crippen LogP contribution is 2.42. The van der Waals surface area contributed by atoms with Crippen LogP contribution < -0.4 is 0 Å². The van der Waals surface area contributed by atoms with Crippen LogP contribution in [0.2, 0.25) is 5.15 Å². The summed E-state index contributed by atoms with van der Waals surface area (Å²) in [6.07, 6.45) is 2.97. The van der Waals surface area contributed by atoms with Crippen LogP contribution in [-0.4, -0.2) is 53.6 Å². The van der Waals surface area contributed by atoms with Gasteiger partial charge in [-0.1, -0.05) is 17.7 Å². The van der Waals surface area contributed by atoms with Gasteiger partial charge in [0.25, 0.3) is 10.0 Å². The van der Waals surface area contributed by atoms with Gasteiger partial charge in [-0.25, -0.2) is 8.42 Å². The zero-order valence-electron chi connectivity index (χ0n) is 15.7. The highest BCUT2D eigenvalue weighted by atomic mass is 35.5. The summed E-state index contributed by atoms with van der Waals surface area (Å²) in [6, 6.07) is 3.49. The standard InChI is InChI=1S/C18H25ClN4O2S2/c1-14-15(17(19)21(2)20-14)12-22-8-5-18(13-22)6-9-23(10-7-18)27(24,25)16-4-3-11-26-16/h3-4,11H,5-10,12-13H2,1-2H3. The van der Waals surface area contributed by atoms with E-state index in [1.165, 1.54) is 11.3 Å². The molecule has 4 heterocycles. The molecule has 2 saturated heterocycles. The molecule has 0 saturated carbocycles. The van der Waals surface area contributed by atoms with Crippen molar-refractivity contribution >= 4 is 33.0 Å². The normalized spacial score (nSPS) is 21.3. The van der Waals surface area contributed by atoms with Gasteiger partial charge in [0.2, 0.25) is 0 Å². The van der Waals surface area contributed by atoms with Gasteiger partial charge < -0.3 is 0 Å². The van der Waals surface area contributed by atoms with Crippen LogP contribution in [0.4, 0.5) is 0 Å². The van der Waals surface area contributed by atoms with E-state index in [0.717, 1.165) is 50.2 Å². The molecule has 2 aliphatic heterocycles. The Morgan fingerprint density at radius 2 is 1.96 bits per heavy atom. The number of rotatable bonds is 4. The molecule has 0 unspecified atom stereocenters. The van der Waals surface area contributed by atoms with Crippen molar-refractivity contribution in [2.75, 3.05) is 26.2 Å². The molecule has 0 bridgehead atoms. The number of nitrogens with zero attached hydrogens (tertiary/aromatic N) is 4. The molecule has 148 valence electrons.